The van der Waals surface area contributed by atoms with Crippen molar-refractivity contribution in [2.75, 3.05) is 26.9 Å². The number of carboxylic acid groups (broad SMARTS) is 1. The molecule has 1 N–H and O–H groups in total. The number of methoxy groups -OCH3 is 1. The number of carbonyl (C=O) groups is 2. The van der Waals surface area contributed by atoms with Crippen LogP contribution in [0.4, 0.5) is 0 Å². The Balaban J connectivity index is 1.66. The molecule has 1 aliphatic heterocycles. The molecule has 1 unspecified atom stereocenters. The molecule has 7 heteroatoms. The van der Waals surface area contributed by atoms with Gasteiger partial charge in [-0.25, -0.2) is 0 Å². The zero-order chi connectivity index (χ0) is 20.8. The van der Waals surface area contributed by atoms with E-state index in [0.717, 1.165) is 16.9 Å². The highest BCUT2D eigenvalue weighted by Gasteiger charge is 2.34. The lowest BCUT2D eigenvalue weighted by Gasteiger charge is -2.20. The van der Waals surface area contributed by atoms with Crippen molar-refractivity contribution in [2.24, 2.45) is 5.92 Å². The largest absolute Gasteiger partial charge is 0.493 e. The van der Waals surface area contributed by atoms with Crippen molar-refractivity contribution in [3.05, 3.63) is 53.6 Å². The first-order valence-electron chi connectivity index (χ1n) is 9.47. The van der Waals surface area contributed by atoms with Crippen LogP contribution in [0.2, 0.25) is 0 Å². The fourth-order valence-electron chi connectivity index (χ4n) is 3.32. The summed E-state index contributed by atoms with van der Waals surface area (Å²) in [6, 6.07) is 13.2. The van der Waals surface area contributed by atoms with Crippen LogP contribution in [0.5, 0.6) is 17.2 Å². The van der Waals surface area contributed by atoms with Crippen LogP contribution in [0.1, 0.15) is 17.5 Å². The molecule has 0 bridgehead atoms. The zero-order valence-corrected chi connectivity index (χ0v) is 16.6. The Kier molecular flexibility index (Phi) is 6.59. The number of nitrogens with zero attached hydrogens (tertiary/aromatic N) is 1. The van der Waals surface area contributed by atoms with Gasteiger partial charge in [-0.1, -0.05) is 30.3 Å². The molecule has 0 radical (unpaired) electrons. The predicted octanol–water partition coefficient (Wildman–Crippen LogP) is 2.89. The van der Waals surface area contributed by atoms with Gasteiger partial charge in [-0.05, 0) is 24.6 Å². The number of aliphatic carboxylic acids is 1. The first-order valence-corrected chi connectivity index (χ1v) is 9.47. The van der Waals surface area contributed by atoms with E-state index in [1.807, 2.05) is 43.3 Å². The summed E-state index contributed by atoms with van der Waals surface area (Å²) in [5, 5.41) is 9.17. The SMILES string of the molecule is COc1cccc(CN2CC(C(=O)O)CC2=O)c1OCCOc1ccccc1C. The Hall–Kier alpha value is -3.22. The summed E-state index contributed by atoms with van der Waals surface area (Å²) in [5.74, 6) is 0.110. The third kappa shape index (κ3) is 4.99. The minimum absolute atomic E-state index is 0.0275. The number of para-hydroxylation sites is 2. The molecule has 1 atom stereocenters. The zero-order valence-electron chi connectivity index (χ0n) is 16.6. The second-order valence-electron chi connectivity index (χ2n) is 6.92. The quantitative estimate of drug-likeness (QED) is 0.653. The van der Waals surface area contributed by atoms with Crippen molar-refractivity contribution in [1.29, 1.82) is 0 Å². The molecule has 2 aromatic rings. The number of carboxylic acids is 1. The average Bonchev–Trinajstić information content (AvgIpc) is 3.08. The Morgan fingerprint density at radius 2 is 1.83 bits per heavy atom. The van der Waals surface area contributed by atoms with Crippen molar-refractivity contribution in [1.82, 2.24) is 4.90 Å². The van der Waals surface area contributed by atoms with E-state index in [-0.39, 0.29) is 25.4 Å². The van der Waals surface area contributed by atoms with Crippen LogP contribution >= 0.6 is 0 Å². The summed E-state index contributed by atoms with van der Waals surface area (Å²) >= 11 is 0. The summed E-state index contributed by atoms with van der Waals surface area (Å²) in [5.41, 5.74) is 1.81. The van der Waals surface area contributed by atoms with E-state index in [0.29, 0.717) is 24.7 Å². The first kappa shape index (κ1) is 20.5. The minimum Gasteiger partial charge on any atom is -0.493 e. The lowest BCUT2D eigenvalue weighted by Crippen LogP contribution is -2.26. The van der Waals surface area contributed by atoms with Gasteiger partial charge in [0.05, 0.1) is 13.0 Å². The van der Waals surface area contributed by atoms with Crippen LogP contribution in [-0.2, 0) is 16.1 Å². The number of carbonyl (C=O) groups excluding carboxylic acids is 1. The standard InChI is InChI=1S/C22H25NO6/c1-15-6-3-4-8-18(15)28-10-11-29-21-16(7-5-9-19(21)27-2)13-23-14-17(22(25)26)12-20(23)24/h3-9,17H,10-14H2,1-2H3,(H,25,26). The molecule has 1 amide bonds. The van der Waals surface area contributed by atoms with Crippen molar-refractivity contribution in [3.8, 4) is 17.2 Å². The van der Waals surface area contributed by atoms with Gasteiger partial charge in [0.15, 0.2) is 11.5 Å². The molecular weight excluding hydrogens is 374 g/mol. The monoisotopic (exact) mass is 399 g/mol. The van der Waals surface area contributed by atoms with Crippen LogP contribution in [-0.4, -0.2) is 48.8 Å². The normalized spacial score (nSPS) is 16.0. The van der Waals surface area contributed by atoms with Gasteiger partial charge in [-0.15, -0.1) is 0 Å². The summed E-state index contributed by atoms with van der Waals surface area (Å²) in [4.78, 5) is 24.9. The van der Waals surface area contributed by atoms with E-state index in [1.54, 1.807) is 18.1 Å². The fraction of sp³-hybridized carbons (Fsp3) is 0.364. The third-order valence-corrected chi connectivity index (χ3v) is 4.89. The van der Waals surface area contributed by atoms with E-state index >= 15 is 0 Å². The molecule has 1 heterocycles. The maximum absolute atomic E-state index is 12.2. The van der Waals surface area contributed by atoms with Gasteiger partial charge in [0.1, 0.15) is 19.0 Å². The topological polar surface area (TPSA) is 85.3 Å². The molecular formula is C22H25NO6. The molecule has 1 aliphatic rings. The Bertz CT molecular complexity index is 881. The molecule has 0 aliphatic carbocycles. The first-order chi connectivity index (χ1) is 14.0. The lowest BCUT2D eigenvalue weighted by atomic mass is 10.1. The van der Waals surface area contributed by atoms with E-state index in [4.69, 9.17) is 14.2 Å². The lowest BCUT2D eigenvalue weighted by molar-refractivity contribution is -0.141. The van der Waals surface area contributed by atoms with Crippen LogP contribution in [0.3, 0.4) is 0 Å². The Labute approximate surface area is 169 Å². The van der Waals surface area contributed by atoms with E-state index in [1.165, 1.54) is 0 Å². The van der Waals surface area contributed by atoms with Crippen LogP contribution < -0.4 is 14.2 Å². The number of hydrogen-bond donors (Lipinski definition) is 1. The molecule has 7 nitrogen and oxygen atoms in total. The van der Waals surface area contributed by atoms with E-state index in [9.17, 15) is 14.7 Å². The van der Waals surface area contributed by atoms with E-state index < -0.39 is 11.9 Å². The number of aryl methyl sites for hydroxylation is 1. The van der Waals surface area contributed by atoms with Crippen molar-refractivity contribution >= 4 is 11.9 Å². The summed E-state index contributed by atoms with van der Waals surface area (Å²) < 4.78 is 17.1. The molecule has 0 saturated carbocycles. The summed E-state index contributed by atoms with van der Waals surface area (Å²) in [6.07, 6.45) is 0.0275. The molecule has 0 spiro atoms. The molecule has 0 aromatic heterocycles. The molecule has 29 heavy (non-hydrogen) atoms. The molecule has 154 valence electrons. The summed E-state index contributed by atoms with van der Waals surface area (Å²) in [6.45, 7) is 3.10. The van der Waals surface area contributed by atoms with Crippen LogP contribution in [0.15, 0.2) is 42.5 Å². The summed E-state index contributed by atoms with van der Waals surface area (Å²) in [7, 11) is 1.55. The van der Waals surface area contributed by atoms with Crippen molar-refractivity contribution in [3.63, 3.8) is 0 Å². The highest BCUT2D eigenvalue weighted by molar-refractivity contribution is 5.86. The maximum Gasteiger partial charge on any atom is 0.308 e. The highest BCUT2D eigenvalue weighted by Crippen LogP contribution is 2.33. The fourth-order valence-corrected chi connectivity index (χ4v) is 3.32. The van der Waals surface area contributed by atoms with Gasteiger partial charge in [0, 0.05) is 25.1 Å². The number of benzene rings is 2. The molecule has 1 fully saturated rings. The second-order valence-corrected chi connectivity index (χ2v) is 6.92. The van der Waals surface area contributed by atoms with Gasteiger partial charge in [0.25, 0.3) is 0 Å². The average molecular weight is 399 g/mol. The molecule has 2 aromatic carbocycles. The number of hydrogen-bond acceptors (Lipinski definition) is 5. The van der Waals surface area contributed by atoms with Gasteiger partial charge < -0.3 is 24.2 Å². The minimum atomic E-state index is -0.948. The van der Waals surface area contributed by atoms with Gasteiger partial charge in [0.2, 0.25) is 5.91 Å². The Morgan fingerprint density at radius 1 is 1.10 bits per heavy atom. The van der Waals surface area contributed by atoms with E-state index in [2.05, 4.69) is 0 Å². The van der Waals surface area contributed by atoms with Crippen molar-refractivity contribution < 1.29 is 28.9 Å². The third-order valence-electron chi connectivity index (χ3n) is 4.89. The van der Waals surface area contributed by atoms with Crippen LogP contribution in [0, 0.1) is 12.8 Å². The van der Waals surface area contributed by atoms with Crippen LogP contribution in [0.25, 0.3) is 0 Å². The van der Waals surface area contributed by atoms with Gasteiger partial charge in [-0.3, -0.25) is 9.59 Å². The maximum atomic E-state index is 12.2. The Morgan fingerprint density at radius 3 is 2.52 bits per heavy atom. The number of ether oxygens (including phenoxy) is 3. The van der Waals surface area contributed by atoms with Crippen molar-refractivity contribution in [2.45, 2.75) is 19.9 Å². The smallest absolute Gasteiger partial charge is 0.308 e. The second kappa shape index (κ2) is 9.32. The number of amides is 1. The predicted molar refractivity (Wildman–Crippen MR) is 106 cm³/mol. The van der Waals surface area contributed by atoms with Gasteiger partial charge >= 0.3 is 5.97 Å². The number of likely N-dealkylation sites (tertiary alicyclic amines) is 1. The van der Waals surface area contributed by atoms with Gasteiger partial charge in [-0.2, -0.15) is 0 Å². The number of rotatable bonds is 9. The molecule has 3 rings (SSSR count). The molecule has 1 saturated heterocycles. The highest BCUT2D eigenvalue weighted by atomic mass is 16.5.